The first-order valence-corrected chi connectivity index (χ1v) is 6.18. The molecule has 2 aromatic rings. The van der Waals surface area contributed by atoms with Crippen LogP contribution in [0.2, 0.25) is 0 Å². The Morgan fingerprint density at radius 1 is 0.950 bits per heavy atom. The van der Waals surface area contributed by atoms with E-state index in [0.29, 0.717) is 5.56 Å². The Kier molecular flexibility index (Phi) is 4.63. The average Bonchev–Trinajstić information content (AvgIpc) is 2.52. The van der Waals surface area contributed by atoms with Crippen LogP contribution >= 0.6 is 0 Å². The number of benzene rings is 2. The van der Waals surface area contributed by atoms with E-state index in [-0.39, 0.29) is 12.5 Å². The number of terminal acetylenes is 1. The Morgan fingerprint density at radius 2 is 1.55 bits per heavy atom. The Hall–Kier alpha value is -2.93. The number of amides is 1. The van der Waals surface area contributed by atoms with Crippen LogP contribution in [-0.4, -0.2) is 12.5 Å². The number of rotatable bonds is 5. The summed E-state index contributed by atoms with van der Waals surface area (Å²) >= 11 is 0. The van der Waals surface area contributed by atoms with Crippen molar-refractivity contribution < 1.29 is 4.79 Å². The first-order valence-electron chi connectivity index (χ1n) is 6.18. The molecule has 2 aromatic carbocycles. The van der Waals surface area contributed by atoms with Crippen molar-refractivity contribution in [3.05, 3.63) is 60.2 Å². The highest BCUT2D eigenvalue weighted by atomic mass is 16.1. The molecule has 0 heterocycles. The van der Waals surface area contributed by atoms with Crippen LogP contribution in [0, 0.1) is 12.3 Å². The normalized spacial score (nSPS) is 9.35. The van der Waals surface area contributed by atoms with E-state index < -0.39 is 0 Å². The van der Waals surface area contributed by atoms with Gasteiger partial charge in [-0.25, -0.2) is 0 Å². The fourth-order valence-electron chi connectivity index (χ4n) is 1.60. The largest absolute Gasteiger partial charge is 0.341 e. The van der Waals surface area contributed by atoms with E-state index in [1.807, 2.05) is 42.5 Å². The lowest BCUT2D eigenvalue weighted by Crippen LogP contribution is -2.23. The predicted molar refractivity (Wildman–Crippen MR) is 81.3 cm³/mol. The lowest BCUT2D eigenvalue weighted by molar-refractivity contribution is 0.0958. The van der Waals surface area contributed by atoms with Gasteiger partial charge in [-0.2, -0.15) is 0 Å². The van der Waals surface area contributed by atoms with E-state index in [1.54, 1.807) is 12.1 Å². The van der Waals surface area contributed by atoms with E-state index in [2.05, 4.69) is 22.1 Å². The molecule has 0 spiro atoms. The van der Waals surface area contributed by atoms with Crippen LogP contribution in [0.25, 0.3) is 0 Å². The monoisotopic (exact) mass is 265 g/mol. The molecule has 0 aliphatic rings. The number of para-hydroxylation sites is 1. The minimum atomic E-state index is -0.175. The molecule has 0 saturated carbocycles. The molecule has 4 nitrogen and oxygen atoms in total. The lowest BCUT2D eigenvalue weighted by atomic mass is 10.2. The molecule has 0 unspecified atom stereocenters. The summed E-state index contributed by atoms with van der Waals surface area (Å²) in [5.74, 6) is 2.19. The first kappa shape index (κ1) is 13.5. The van der Waals surface area contributed by atoms with Gasteiger partial charge in [0.05, 0.1) is 17.9 Å². The Balaban J connectivity index is 1.92. The molecular weight excluding hydrogens is 250 g/mol. The zero-order valence-corrected chi connectivity index (χ0v) is 10.9. The van der Waals surface area contributed by atoms with Crippen molar-refractivity contribution in [2.75, 3.05) is 17.4 Å². The summed E-state index contributed by atoms with van der Waals surface area (Å²) in [5, 5.41) is 2.61. The maximum atomic E-state index is 11.7. The second-order valence-electron chi connectivity index (χ2n) is 4.08. The van der Waals surface area contributed by atoms with E-state index in [9.17, 15) is 4.79 Å². The molecule has 0 bridgehead atoms. The van der Waals surface area contributed by atoms with Crippen molar-refractivity contribution in [3.63, 3.8) is 0 Å². The molecule has 0 aliphatic carbocycles. The lowest BCUT2D eigenvalue weighted by Gasteiger charge is -2.10. The van der Waals surface area contributed by atoms with E-state index in [1.165, 1.54) is 0 Å². The number of carbonyl (C=O) groups excluding carboxylic acids is 1. The molecule has 3 N–H and O–H groups in total. The van der Waals surface area contributed by atoms with E-state index in [0.717, 1.165) is 11.4 Å². The van der Waals surface area contributed by atoms with Crippen molar-refractivity contribution in [2.24, 2.45) is 0 Å². The maximum absolute atomic E-state index is 11.7. The Bertz CT molecular complexity index is 600. The van der Waals surface area contributed by atoms with Crippen LogP contribution in [0.4, 0.5) is 11.4 Å². The molecule has 0 aliphatic heterocycles. The van der Waals surface area contributed by atoms with Crippen LogP contribution in [0.5, 0.6) is 0 Å². The standard InChI is InChI=1S/C16H15N3O/c1-2-12-17-16(20)13-8-10-15(11-9-13)19-18-14-6-4-3-5-7-14/h1,3-11,18-19H,12H2,(H,17,20). The van der Waals surface area contributed by atoms with Gasteiger partial charge in [0.2, 0.25) is 0 Å². The summed E-state index contributed by atoms with van der Waals surface area (Å²) in [4.78, 5) is 11.7. The van der Waals surface area contributed by atoms with Crippen molar-refractivity contribution in [3.8, 4) is 12.3 Å². The van der Waals surface area contributed by atoms with Crippen LogP contribution < -0.4 is 16.2 Å². The van der Waals surface area contributed by atoms with Gasteiger partial charge in [-0.05, 0) is 36.4 Å². The van der Waals surface area contributed by atoms with Crippen molar-refractivity contribution in [2.45, 2.75) is 0 Å². The number of hydrogen-bond acceptors (Lipinski definition) is 3. The van der Waals surface area contributed by atoms with Gasteiger partial charge >= 0.3 is 0 Å². The molecule has 0 aromatic heterocycles. The highest BCUT2D eigenvalue weighted by Gasteiger charge is 2.03. The average molecular weight is 265 g/mol. The third-order valence-electron chi connectivity index (χ3n) is 2.62. The fourth-order valence-corrected chi connectivity index (χ4v) is 1.60. The van der Waals surface area contributed by atoms with Crippen LogP contribution in [0.15, 0.2) is 54.6 Å². The predicted octanol–water partition coefficient (Wildman–Crippen LogP) is 2.49. The smallest absolute Gasteiger partial charge is 0.252 e. The zero-order chi connectivity index (χ0) is 14.2. The molecule has 0 radical (unpaired) electrons. The highest BCUT2D eigenvalue weighted by molar-refractivity contribution is 5.94. The van der Waals surface area contributed by atoms with E-state index in [4.69, 9.17) is 6.42 Å². The third-order valence-corrected chi connectivity index (χ3v) is 2.62. The van der Waals surface area contributed by atoms with E-state index >= 15 is 0 Å². The number of carbonyl (C=O) groups is 1. The molecule has 0 fully saturated rings. The van der Waals surface area contributed by atoms with Gasteiger partial charge in [-0.3, -0.25) is 4.79 Å². The topological polar surface area (TPSA) is 53.2 Å². The fraction of sp³-hybridized carbons (Fsp3) is 0.0625. The zero-order valence-electron chi connectivity index (χ0n) is 10.9. The van der Waals surface area contributed by atoms with Crippen LogP contribution in [0.1, 0.15) is 10.4 Å². The minimum absolute atomic E-state index is 0.175. The number of anilines is 2. The Morgan fingerprint density at radius 3 is 2.15 bits per heavy atom. The summed E-state index contributed by atoms with van der Waals surface area (Å²) < 4.78 is 0. The van der Waals surface area contributed by atoms with Crippen molar-refractivity contribution in [1.29, 1.82) is 0 Å². The highest BCUT2D eigenvalue weighted by Crippen LogP contribution is 2.11. The molecule has 4 heteroatoms. The van der Waals surface area contributed by atoms with Crippen LogP contribution in [-0.2, 0) is 0 Å². The number of hydrogen-bond donors (Lipinski definition) is 3. The molecule has 0 atom stereocenters. The SMILES string of the molecule is C#CCNC(=O)c1ccc(NNc2ccccc2)cc1. The molecule has 2 rings (SSSR count). The van der Waals surface area contributed by atoms with Gasteiger partial charge in [0.1, 0.15) is 0 Å². The minimum Gasteiger partial charge on any atom is -0.341 e. The van der Waals surface area contributed by atoms with Gasteiger partial charge in [0, 0.05) is 5.56 Å². The quantitative estimate of drug-likeness (QED) is 0.575. The van der Waals surface area contributed by atoms with Gasteiger partial charge in [-0.15, -0.1) is 6.42 Å². The second-order valence-corrected chi connectivity index (χ2v) is 4.08. The molecule has 100 valence electrons. The maximum Gasteiger partial charge on any atom is 0.252 e. The molecule has 0 saturated heterocycles. The second kappa shape index (κ2) is 6.86. The van der Waals surface area contributed by atoms with Gasteiger partial charge in [0.15, 0.2) is 0 Å². The molecule has 20 heavy (non-hydrogen) atoms. The third kappa shape index (κ3) is 3.79. The Labute approximate surface area is 118 Å². The van der Waals surface area contributed by atoms with Crippen LogP contribution in [0.3, 0.4) is 0 Å². The first-order chi connectivity index (χ1) is 9.79. The summed E-state index contributed by atoms with van der Waals surface area (Å²) in [6, 6.07) is 16.9. The summed E-state index contributed by atoms with van der Waals surface area (Å²) in [6.45, 7) is 0.231. The molecular formula is C16H15N3O. The molecule has 1 amide bonds. The van der Waals surface area contributed by atoms with Gasteiger partial charge in [0.25, 0.3) is 5.91 Å². The van der Waals surface area contributed by atoms with Crippen molar-refractivity contribution >= 4 is 17.3 Å². The van der Waals surface area contributed by atoms with Gasteiger partial charge in [-0.1, -0.05) is 24.1 Å². The summed E-state index contributed by atoms with van der Waals surface area (Å²) in [6.07, 6.45) is 5.09. The van der Waals surface area contributed by atoms with Crippen molar-refractivity contribution in [1.82, 2.24) is 5.32 Å². The number of hydrazine groups is 1. The summed E-state index contributed by atoms with van der Waals surface area (Å²) in [7, 11) is 0. The van der Waals surface area contributed by atoms with Gasteiger partial charge < -0.3 is 16.2 Å². The number of nitrogens with one attached hydrogen (secondary N) is 3. The summed E-state index contributed by atoms with van der Waals surface area (Å²) in [5.41, 5.74) is 8.52.